The molecule has 1 aliphatic carbocycles. The van der Waals surface area contributed by atoms with Crippen LogP contribution in [0.5, 0.6) is 5.75 Å². The summed E-state index contributed by atoms with van der Waals surface area (Å²) in [6, 6.07) is 24.7. The van der Waals surface area contributed by atoms with E-state index in [-0.39, 0.29) is 23.8 Å². The van der Waals surface area contributed by atoms with Crippen LogP contribution in [0.3, 0.4) is 0 Å². The van der Waals surface area contributed by atoms with Crippen molar-refractivity contribution in [1.29, 1.82) is 0 Å². The molecule has 0 spiro atoms. The lowest BCUT2D eigenvalue weighted by molar-refractivity contribution is -0.116. The summed E-state index contributed by atoms with van der Waals surface area (Å²) in [5, 5.41) is 7.28. The third-order valence-electron chi connectivity index (χ3n) is 6.98. The minimum atomic E-state index is -0.213. The molecule has 0 saturated carbocycles. The summed E-state index contributed by atoms with van der Waals surface area (Å²) in [6.07, 6.45) is 2.46. The highest BCUT2D eigenvalue weighted by Gasteiger charge is 2.36. The molecule has 0 radical (unpaired) electrons. The van der Waals surface area contributed by atoms with Gasteiger partial charge in [0.25, 0.3) is 0 Å². The highest BCUT2D eigenvalue weighted by Crippen LogP contribution is 2.44. The Morgan fingerprint density at radius 1 is 0.912 bits per heavy atom. The second-order valence-corrected chi connectivity index (χ2v) is 9.48. The second kappa shape index (κ2) is 9.38. The van der Waals surface area contributed by atoms with Gasteiger partial charge in [0.2, 0.25) is 0 Å². The van der Waals surface area contributed by atoms with Crippen molar-refractivity contribution >= 4 is 17.2 Å². The van der Waals surface area contributed by atoms with Crippen LogP contribution in [0.4, 0.5) is 11.4 Å². The first-order valence-corrected chi connectivity index (χ1v) is 12.2. The van der Waals surface area contributed by atoms with Crippen molar-refractivity contribution in [2.45, 2.75) is 58.1 Å². The second-order valence-electron chi connectivity index (χ2n) is 9.48. The van der Waals surface area contributed by atoms with Crippen LogP contribution in [0.1, 0.15) is 61.8 Å². The Labute approximate surface area is 202 Å². The molecule has 0 amide bonds. The largest absolute Gasteiger partial charge is 0.491 e. The number of ketones is 1. The Morgan fingerprint density at radius 3 is 2.29 bits per heavy atom. The first-order chi connectivity index (χ1) is 16.5. The fraction of sp³-hybridized carbons (Fsp3) is 0.300. The van der Waals surface area contributed by atoms with Crippen molar-refractivity contribution in [2.75, 3.05) is 10.6 Å². The fourth-order valence-corrected chi connectivity index (χ4v) is 4.87. The molecular formula is C30H32N2O2. The molecule has 3 atom stereocenters. The number of carbonyl (C=O) groups excluding carboxylic acids is 1. The summed E-state index contributed by atoms with van der Waals surface area (Å²) >= 11 is 0. The van der Waals surface area contributed by atoms with Crippen LogP contribution in [0.25, 0.3) is 0 Å². The van der Waals surface area contributed by atoms with E-state index in [1.165, 1.54) is 11.1 Å². The molecule has 0 aromatic heterocycles. The number of hydrogen-bond acceptors (Lipinski definition) is 4. The van der Waals surface area contributed by atoms with Gasteiger partial charge in [-0.2, -0.15) is 0 Å². The number of hydrogen-bond donors (Lipinski definition) is 2. The number of anilines is 2. The monoisotopic (exact) mass is 452 g/mol. The number of ether oxygens (including phenoxy) is 1. The first kappa shape index (κ1) is 22.3. The summed E-state index contributed by atoms with van der Waals surface area (Å²) in [5.41, 5.74) is 7.38. The molecule has 4 nitrogen and oxygen atoms in total. The maximum atomic E-state index is 13.7. The van der Waals surface area contributed by atoms with E-state index in [9.17, 15) is 4.79 Å². The summed E-state index contributed by atoms with van der Waals surface area (Å²) < 4.78 is 5.97. The van der Waals surface area contributed by atoms with Gasteiger partial charge in [0, 0.05) is 17.7 Å². The van der Waals surface area contributed by atoms with Crippen LogP contribution in [-0.4, -0.2) is 11.9 Å². The predicted molar refractivity (Wildman–Crippen MR) is 138 cm³/mol. The number of para-hydroxylation sites is 2. The molecule has 2 N–H and O–H groups in total. The Morgan fingerprint density at radius 2 is 1.59 bits per heavy atom. The van der Waals surface area contributed by atoms with Crippen LogP contribution in [0.2, 0.25) is 0 Å². The number of fused-ring (bicyclic) bond motifs is 1. The molecule has 3 aromatic rings. The van der Waals surface area contributed by atoms with Gasteiger partial charge in [-0.05, 0) is 68.0 Å². The molecular weight excluding hydrogens is 420 g/mol. The molecule has 0 fully saturated rings. The quantitative estimate of drug-likeness (QED) is 0.431. The molecule has 5 rings (SSSR count). The summed E-state index contributed by atoms with van der Waals surface area (Å²) in [4.78, 5) is 13.7. The number of nitrogens with one attached hydrogen (secondary N) is 2. The van der Waals surface area contributed by atoms with E-state index >= 15 is 0 Å². The van der Waals surface area contributed by atoms with Crippen molar-refractivity contribution in [1.82, 2.24) is 0 Å². The number of Topliss-reactive ketones (excluding diaryl/α,β-unsaturated/α-hetero) is 1. The van der Waals surface area contributed by atoms with E-state index in [2.05, 4.69) is 79.9 Å². The fourth-order valence-electron chi connectivity index (χ4n) is 4.87. The van der Waals surface area contributed by atoms with Gasteiger partial charge in [-0.25, -0.2) is 0 Å². The molecule has 34 heavy (non-hydrogen) atoms. The first-order valence-electron chi connectivity index (χ1n) is 12.2. The van der Waals surface area contributed by atoms with Gasteiger partial charge in [-0.3, -0.25) is 4.79 Å². The Kier molecular flexibility index (Phi) is 6.14. The lowest BCUT2D eigenvalue weighted by Crippen LogP contribution is -2.26. The van der Waals surface area contributed by atoms with Crippen molar-refractivity contribution in [3.63, 3.8) is 0 Å². The Hall–Kier alpha value is -3.53. The summed E-state index contributed by atoms with van der Waals surface area (Å²) in [7, 11) is 0. The molecule has 0 bridgehead atoms. The highest BCUT2D eigenvalue weighted by atomic mass is 16.5. The summed E-state index contributed by atoms with van der Waals surface area (Å²) in [6.45, 7) is 6.28. The number of aryl methyl sites for hydroxylation is 1. The topological polar surface area (TPSA) is 50.4 Å². The Balaban J connectivity index is 1.52. The van der Waals surface area contributed by atoms with Gasteiger partial charge in [0.1, 0.15) is 5.75 Å². The molecule has 0 saturated heterocycles. The zero-order valence-corrected chi connectivity index (χ0v) is 20.1. The SMILES string of the molecule is CCC(C)Oc1ccc(C2Nc3ccccc3NC3=C2C(=O)CC(c2ccc(C)cc2)C3)cc1. The number of carbonyl (C=O) groups is 1. The van der Waals surface area contributed by atoms with Gasteiger partial charge in [0.15, 0.2) is 5.78 Å². The Bertz CT molecular complexity index is 1210. The van der Waals surface area contributed by atoms with Crippen LogP contribution in [0, 0.1) is 6.92 Å². The van der Waals surface area contributed by atoms with Gasteiger partial charge in [-0.15, -0.1) is 0 Å². The van der Waals surface area contributed by atoms with E-state index in [0.717, 1.165) is 46.8 Å². The van der Waals surface area contributed by atoms with Crippen molar-refractivity contribution < 1.29 is 9.53 Å². The van der Waals surface area contributed by atoms with Gasteiger partial charge in [0.05, 0.1) is 23.5 Å². The predicted octanol–water partition coefficient (Wildman–Crippen LogP) is 7.15. The lowest BCUT2D eigenvalue weighted by atomic mass is 9.78. The maximum absolute atomic E-state index is 13.7. The third kappa shape index (κ3) is 4.45. The van der Waals surface area contributed by atoms with E-state index < -0.39 is 0 Å². The average Bonchev–Trinajstić information content (AvgIpc) is 3.02. The van der Waals surface area contributed by atoms with E-state index in [4.69, 9.17) is 4.74 Å². The minimum Gasteiger partial charge on any atom is -0.491 e. The van der Waals surface area contributed by atoms with Crippen LogP contribution >= 0.6 is 0 Å². The van der Waals surface area contributed by atoms with Crippen LogP contribution in [0.15, 0.2) is 84.1 Å². The van der Waals surface area contributed by atoms with E-state index in [1.54, 1.807) is 0 Å². The summed E-state index contributed by atoms with van der Waals surface area (Å²) in [5.74, 6) is 1.23. The number of benzene rings is 3. The smallest absolute Gasteiger partial charge is 0.163 e. The van der Waals surface area contributed by atoms with Crippen LogP contribution < -0.4 is 15.4 Å². The van der Waals surface area contributed by atoms with Crippen molar-refractivity contribution in [3.05, 3.63) is 101 Å². The zero-order chi connectivity index (χ0) is 23.7. The van der Waals surface area contributed by atoms with Crippen molar-refractivity contribution in [2.24, 2.45) is 0 Å². The molecule has 3 unspecified atom stereocenters. The molecule has 2 aliphatic rings. The van der Waals surface area contributed by atoms with E-state index in [1.807, 2.05) is 24.3 Å². The minimum absolute atomic E-state index is 0.172. The molecule has 4 heteroatoms. The number of rotatable bonds is 5. The van der Waals surface area contributed by atoms with Gasteiger partial charge in [-0.1, -0.05) is 61.0 Å². The van der Waals surface area contributed by atoms with Crippen LogP contribution in [-0.2, 0) is 4.79 Å². The molecule has 1 aliphatic heterocycles. The van der Waals surface area contributed by atoms with Gasteiger partial charge >= 0.3 is 0 Å². The molecule has 3 aromatic carbocycles. The lowest BCUT2D eigenvalue weighted by Gasteiger charge is -2.30. The highest BCUT2D eigenvalue weighted by molar-refractivity contribution is 6.01. The normalized spacial score (nSPS) is 20.4. The average molecular weight is 453 g/mol. The standard InChI is InChI=1S/C30H32N2O2/c1-4-20(3)34-24-15-13-22(14-16-24)30-29-27(31-25-7-5-6-8-26(25)32-30)17-23(18-28(29)33)21-11-9-19(2)10-12-21/h5-16,20,23,30-32H,4,17-18H2,1-3H3. The number of allylic oxidation sites excluding steroid dienone is 1. The van der Waals surface area contributed by atoms with E-state index in [0.29, 0.717) is 6.42 Å². The third-order valence-corrected chi connectivity index (χ3v) is 6.98. The van der Waals surface area contributed by atoms with Crippen molar-refractivity contribution in [3.8, 4) is 5.75 Å². The zero-order valence-electron chi connectivity index (χ0n) is 20.1. The maximum Gasteiger partial charge on any atom is 0.163 e. The molecule has 1 heterocycles. The molecule has 174 valence electrons. The van der Waals surface area contributed by atoms with Gasteiger partial charge < -0.3 is 15.4 Å².